The first-order chi connectivity index (χ1) is 5.22. The summed E-state index contributed by atoms with van der Waals surface area (Å²) in [5.74, 6) is 0. The molecule has 0 radical (unpaired) electrons. The number of alkyl halides is 1. The van der Waals surface area contributed by atoms with E-state index in [2.05, 4.69) is 22.6 Å². The molecule has 0 saturated heterocycles. The van der Waals surface area contributed by atoms with Crippen LogP contribution in [-0.4, -0.2) is 16.5 Å². The van der Waals surface area contributed by atoms with Crippen LogP contribution < -0.4 is 0 Å². The third-order valence-electron chi connectivity index (χ3n) is 1.39. The standard InChI is InChI=1S/C6H12IO2P2/c1-11(9)6(10-8)4-2-3-5-7/h6H,2-5H2,1H3/q+1. The normalized spacial score (nSPS) is 14.9. The van der Waals surface area contributed by atoms with Gasteiger partial charge in [-0.3, -0.25) is 4.57 Å². The molecule has 0 spiro atoms. The van der Waals surface area contributed by atoms with E-state index in [1.165, 1.54) is 0 Å². The van der Waals surface area contributed by atoms with Crippen LogP contribution >= 0.6 is 38.9 Å². The molecule has 0 aliphatic carbocycles. The first-order valence-electron chi connectivity index (χ1n) is 3.50. The van der Waals surface area contributed by atoms with Crippen LogP contribution in [0.5, 0.6) is 0 Å². The Balaban J connectivity index is 3.52. The van der Waals surface area contributed by atoms with E-state index in [1.54, 1.807) is 6.66 Å². The molecule has 0 aliphatic heterocycles. The summed E-state index contributed by atoms with van der Waals surface area (Å²) in [6.07, 6.45) is 3.01. The van der Waals surface area contributed by atoms with E-state index in [0.717, 1.165) is 23.7 Å². The third-order valence-corrected chi connectivity index (χ3v) is 5.01. The van der Waals surface area contributed by atoms with E-state index < -0.39 is 7.80 Å². The summed E-state index contributed by atoms with van der Waals surface area (Å²) in [6, 6.07) is 0. The quantitative estimate of drug-likeness (QED) is 0.325. The van der Waals surface area contributed by atoms with Crippen molar-refractivity contribution in [3.8, 4) is 0 Å². The lowest BCUT2D eigenvalue weighted by molar-refractivity contribution is 0.576. The fourth-order valence-corrected chi connectivity index (χ4v) is 2.63. The maximum atomic E-state index is 10.9. The van der Waals surface area contributed by atoms with Crippen molar-refractivity contribution in [1.82, 2.24) is 0 Å². The lowest BCUT2D eigenvalue weighted by Gasteiger charge is -1.94. The number of hydrogen-bond donors (Lipinski definition) is 0. The molecule has 64 valence electrons. The van der Waals surface area contributed by atoms with Gasteiger partial charge in [-0.2, -0.15) is 0 Å². The summed E-state index contributed by atoms with van der Waals surface area (Å²) in [5.41, 5.74) is 0. The maximum absolute atomic E-state index is 10.9. The number of unbranched alkanes of at least 4 members (excludes halogenated alkanes) is 1. The Labute approximate surface area is 83.7 Å². The fraction of sp³-hybridized carbons (Fsp3) is 1.00. The number of hydrogen-bond acceptors (Lipinski definition) is 2. The van der Waals surface area contributed by atoms with Gasteiger partial charge in [-0.1, -0.05) is 27.2 Å². The Morgan fingerprint density at radius 3 is 2.55 bits per heavy atom. The fourth-order valence-electron chi connectivity index (χ4n) is 0.722. The molecule has 2 atom stereocenters. The van der Waals surface area contributed by atoms with Crippen molar-refractivity contribution in [2.24, 2.45) is 0 Å². The number of halogens is 1. The van der Waals surface area contributed by atoms with E-state index in [9.17, 15) is 9.13 Å². The van der Waals surface area contributed by atoms with Crippen LogP contribution in [0.1, 0.15) is 19.3 Å². The van der Waals surface area contributed by atoms with Gasteiger partial charge in [-0.15, -0.1) is 0 Å². The zero-order valence-electron chi connectivity index (χ0n) is 6.49. The van der Waals surface area contributed by atoms with Crippen molar-refractivity contribution in [2.45, 2.75) is 24.7 Å². The van der Waals surface area contributed by atoms with Crippen molar-refractivity contribution >= 4 is 38.9 Å². The molecule has 0 heterocycles. The molecule has 5 heteroatoms. The van der Waals surface area contributed by atoms with Gasteiger partial charge in [0.05, 0.1) is 0 Å². The van der Waals surface area contributed by atoms with Crippen molar-refractivity contribution in [3.05, 3.63) is 0 Å². The molecule has 0 amide bonds. The van der Waals surface area contributed by atoms with Gasteiger partial charge in [-0.25, -0.2) is 0 Å². The first-order valence-corrected chi connectivity index (χ1v) is 7.69. The Kier molecular flexibility index (Phi) is 8.21. The summed E-state index contributed by atoms with van der Waals surface area (Å²) in [7, 11) is -1.21. The summed E-state index contributed by atoms with van der Waals surface area (Å²) >= 11 is 2.31. The van der Waals surface area contributed by atoms with E-state index in [4.69, 9.17) is 0 Å². The van der Waals surface area contributed by atoms with Crippen molar-refractivity contribution < 1.29 is 9.13 Å². The van der Waals surface area contributed by atoms with Crippen molar-refractivity contribution in [2.75, 3.05) is 11.1 Å². The Bertz CT molecular complexity index is 141. The van der Waals surface area contributed by atoms with Gasteiger partial charge >= 0.3 is 7.80 Å². The monoisotopic (exact) mass is 305 g/mol. The van der Waals surface area contributed by atoms with Gasteiger partial charge in [0.15, 0.2) is 0 Å². The van der Waals surface area contributed by atoms with Crippen LogP contribution in [0.4, 0.5) is 0 Å². The van der Waals surface area contributed by atoms with Crippen molar-refractivity contribution in [3.63, 3.8) is 0 Å². The molecule has 0 aromatic carbocycles. The van der Waals surface area contributed by atoms with Gasteiger partial charge in [0.25, 0.3) is 0 Å². The predicted molar refractivity (Wildman–Crippen MR) is 57.7 cm³/mol. The molecule has 11 heavy (non-hydrogen) atoms. The molecule has 0 saturated carbocycles. The molecule has 0 rings (SSSR count). The van der Waals surface area contributed by atoms with Gasteiger partial charge in [0, 0.05) is 6.42 Å². The highest BCUT2D eigenvalue weighted by molar-refractivity contribution is 14.1. The first kappa shape index (κ1) is 11.9. The Morgan fingerprint density at radius 2 is 2.18 bits per heavy atom. The SMILES string of the molecule is C[P+](=O)C(CCCCI)P=O. The lowest BCUT2D eigenvalue weighted by atomic mass is 10.3. The topological polar surface area (TPSA) is 34.1 Å². The van der Waals surface area contributed by atoms with E-state index in [1.807, 2.05) is 0 Å². The molecule has 0 bridgehead atoms. The minimum absolute atomic E-state index is 0.0483. The molecule has 0 aliphatic rings. The Morgan fingerprint density at radius 1 is 1.55 bits per heavy atom. The molecule has 0 N–H and O–H groups in total. The molecule has 2 nitrogen and oxygen atoms in total. The van der Waals surface area contributed by atoms with Crippen LogP contribution in [-0.2, 0) is 9.13 Å². The second-order valence-electron chi connectivity index (χ2n) is 2.32. The number of rotatable bonds is 6. The zero-order valence-corrected chi connectivity index (χ0v) is 10.4. The third kappa shape index (κ3) is 6.12. The highest BCUT2D eigenvalue weighted by Crippen LogP contribution is 2.35. The molecular weight excluding hydrogens is 293 g/mol. The average Bonchev–Trinajstić information content (AvgIpc) is 1.97. The second kappa shape index (κ2) is 7.57. The smallest absolute Gasteiger partial charge is 0.270 e. The minimum Gasteiger partial charge on any atom is -0.270 e. The van der Waals surface area contributed by atoms with Crippen LogP contribution in [0.3, 0.4) is 0 Å². The lowest BCUT2D eigenvalue weighted by Crippen LogP contribution is -1.91. The highest BCUT2D eigenvalue weighted by atomic mass is 127. The largest absolute Gasteiger partial charge is 0.350 e. The van der Waals surface area contributed by atoms with E-state index in [-0.39, 0.29) is 13.9 Å². The molecule has 0 fully saturated rings. The summed E-state index contributed by atoms with van der Waals surface area (Å²) in [6.45, 7) is 1.65. The predicted octanol–water partition coefficient (Wildman–Crippen LogP) is 3.67. The average molecular weight is 305 g/mol. The highest BCUT2D eigenvalue weighted by Gasteiger charge is 2.24. The van der Waals surface area contributed by atoms with Gasteiger partial charge in [-0.05, 0) is 17.3 Å². The van der Waals surface area contributed by atoms with Crippen LogP contribution in [0, 0.1) is 0 Å². The van der Waals surface area contributed by atoms with E-state index >= 15 is 0 Å². The molecule has 0 aromatic heterocycles. The minimum atomic E-state index is -1.26. The summed E-state index contributed by atoms with van der Waals surface area (Å²) in [4.78, 5) is 0. The van der Waals surface area contributed by atoms with Crippen molar-refractivity contribution in [1.29, 1.82) is 0 Å². The molecule has 0 aromatic rings. The summed E-state index contributed by atoms with van der Waals surface area (Å²) in [5, 5.41) is -0.104. The molecule has 2 unspecified atom stereocenters. The van der Waals surface area contributed by atoms with Crippen LogP contribution in [0.2, 0.25) is 0 Å². The van der Waals surface area contributed by atoms with Gasteiger partial charge in [0.2, 0.25) is 13.9 Å². The van der Waals surface area contributed by atoms with Gasteiger partial charge in [0.1, 0.15) is 6.66 Å². The van der Waals surface area contributed by atoms with E-state index in [0.29, 0.717) is 0 Å². The van der Waals surface area contributed by atoms with Crippen LogP contribution in [0.15, 0.2) is 0 Å². The van der Waals surface area contributed by atoms with Crippen LogP contribution in [0.25, 0.3) is 0 Å². The second-order valence-corrected chi connectivity index (χ2v) is 6.35. The van der Waals surface area contributed by atoms with Gasteiger partial charge < -0.3 is 0 Å². The summed E-state index contributed by atoms with van der Waals surface area (Å²) < 4.78 is 22.5. The zero-order chi connectivity index (χ0) is 8.69. The maximum Gasteiger partial charge on any atom is 0.350 e. The Hall–Kier alpha value is 0.930. The molecular formula is C6H12IO2P2+.